The Hall–Kier alpha value is -1.61. The first-order chi connectivity index (χ1) is 13.0. The molecule has 3 rings (SSSR count). The van der Waals surface area contributed by atoms with E-state index in [4.69, 9.17) is 9.47 Å². The topological polar surface area (TPSA) is 67.9 Å². The van der Waals surface area contributed by atoms with Gasteiger partial charge in [0.15, 0.2) is 11.5 Å². The lowest BCUT2D eigenvalue weighted by atomic mass is 9.98. The van der Waals surface area contributed by atoms with Crippen LogP contribution in [0.1, 0.15) is 24.0 Å². The lowest BCUT2D eigenvalue weighted by Crippen LogP contribution is -2.32. The van der Waals surface area contributed by atoms with E-state index >= 15 is 0 Å². The minimum Gasteiger partial charge on any atom is -0.493 e. The van der Waals surface area contributed by atoms with Crippen LogP contribution < -0.4 is 14.2 Å². The van der Waals surface area contributed by atoms with Gasteiger partial charge in [-0.15, -0.1) is 11.3 Å². The van der Waals surface area contributed by atoms with Crippen molar-refractivity contribution in [2.24, 2.45) is 0 Å². The van der Waals surface area contributed by atoms with E-state index in [1.54, 1.807) is 31.7 Å². The Bertz CT molecular complexity index is 851. The van der Waals surface area contributed by atoms with Crippen LogP contribution in [0.25, 0.3) is 0 Å². The molecule has 1 N–H and O–H groups in total. The number of nitrogens with one attached hydrogen (secondary N) is 1. The summed E-state index contributed by atoms with van der Waals surface area (Å²) in [5, 5.41) is 1.77. The number of sulfonamides is 1. The van der Waals surface area contributed by atoms with E-state index in [0.29, 0.717) is 10.8 Å². The molecule has 0 saturated heterocycles. The summed E-state index contributed by atoms with van der Waals surface area (Å²) >= 11 is 1.24. The van der Waals surface area contributed by atoms with E-state index in [-0.39, 0.29) is 0 Å². The fourth-order valence-electron chi connectivity index (χ4n) is 3.29. The fourth-order valence-corrected chi connectivity index (χ4v) is 5.40. The zero-order valence-electron chi connectivity index (χ0n) is 15.7. The predicted molar refractivity (Wildman–Crippen MR) is 107 cm³/mol. The number of unbranched alkanes of at least 4 members (excludes halogenated alkanes) is 1. The first kappa shape index (κ1) is 20.1. The summed E-state index contributed by atoms with van der Waals surface area (Å²) in [5.74, 6) is 1.55. The minimum atomic E-state index is -3.35. The number of rotatable bonds is 9. The Morgan fingerprint density at radius 1 is 1.15 bits per heavy atom. The largest absolute Gasteiger partial charge is 0.493 e. The molecule has 1 aromatic carbocycles. The quantitative estimate of drug-likeness (QED) is 0.644. The molecule has 1 aliphatic heterocycles. The highest BCUT2D eigenvalue weighted by Crippen LogP contribution is 2.33. The zero-order valence-corrected chi connectivity index (χ0v) is 17.4. The van der Waals surface area contributed by atoms with Gasteiger partial charge in [0.1, 0.15) is 4.21 Å². The number of methoxy groups -OCH3 is 2. The summed E-state index contributed by atoms with van der Waals surface area (Å²) in [6.07, 6.45) is 2.76. The summed E-state index contributed by atoms with van der Waals surface area (Å²) in [5.41, 5.74) is 2.59. The molecule has 0 unspecified atom stereocenters. The number of nitrogens with zero attached hydrogens (tertiary/aromatic N) is 1. The maximum absolute atomic E-state index is 12.1. The van der Waals surface area contributed by atoms with Crippen LogP contribution in [0.15, 0.2) is 33.9 Å². The predicted octanol–water partition coefficient (Wildman–Crippen LogP) is 2.88. The van der Waals surface area contributed by atoms with Crippen LogP contribution in [0.4, 0.5) is 0 Å². The normalized spacial score (nSPS) is 14.7. The molecule has 0 bridgehead atoms. The number of benzene rings is 1. The average molecular weight is 411 g/mol. The van der Waals surface area contributed by atoms with Crippen molar-refractivity contribution in [2.75, 3.05) is 33.9 Å². The third kappa shape index (κ3) is 5.01. The standard InChI is InChI=1S/C19H26N2O4S2/c1-24-17-12-15-7-10-21(14-16(15)13-18(17)25-2)9-4-3-8-20-27(22,23)19-6-5-11-26-19/h5-6,11-13,20H,3-4,7-10,14H2,1-2H3. The van der Waals surface area contributed by atoms with Gasteiger partial charge >= 0.3 is 0 Å². The van der Waals surface area contributed by atoms with Crippen LogP contribution in [0.5, 0.6) is 11.5 Å². The highest BCUT2D eigenvalue weighted by molar-refractivity contribution is 7.91. The lowest BCUT2D eigenvalue weighted by Gasteiger charge is -2.29. The number of hydrogen-bond donors (Lipinski definition) is 1. The van der Waals surface area contributed by atoms with Gasteiger partial charge in [-0.3, -0.25) is 4.90 Å². The summed E-state index contributed by atoms with van der Waals surface area (Å²) in [4.78, 5) is 2.40. The van der Waals surface area contributed by atoms with E-state index < -0.39 is 10.0 Å². The molecule has 0 aliphatic carbocycles. The molecule has 27 heavy (non-hydrogen) atoms. The molecule has 6 nitrogen and oxygen atoms in total. The van der Waals surface area contributed by atoms with Gasteiger partial charge in [-0.25, -0.2) is 13.1 Å². The van der Waals surface area contributed by atoms with Gasteiger partial charge in [0, 0.05) is 19.6 Å². The van der Waals surface area contributed by atoms with Crippen molar-refractivity contribution in [3.63, 3.8) is 0 Å². The van der Waals surface area contributed by atoms with Crippen molar-refractivity contribution in [2.45, 2.75) is 30.0 Å². The monoisotopic (exact) mass is 410 g/mol. The second kappa shape index (κ2) is 9.05. The highest BCUT2D eigenvalue weighted by Gasteiger charge is 2.19. The second-order valence-electron chi connectivity index (χ2n) is 6.54. The van der Waals surface area contributed by atoms with Gasteiger partial charge in [0.25, 0.3) is 0 Å². The maximum atomic E-state index is 12.1. The van der Waals surface area contributed by atoms with E-state index in [2.05, 4.69) is 21.8 Å². The van der Waals surface area contributed by atoms with Gasteiger partial charge in [-0.1, -0.05) is 6.07 Å². The lowest BCUT2D eigenvalue weighted by molar-refractivity contribution is 0.248. The van der Waals surface area contributed by atoms with Gasteiger partial charge in [-0.05, 0) is 60.5 Å². The number of ether oxygens (including phenoxy) is 2. The molecule has 0 saturated carbocycles. The molecule has 148 valence electrons. The summed E-state index contributed by atoms with van der Waals surface area (Å²) in [6.45, 7) is 3.31. The minimum absolute atomic E-state index is 0.375. The van der Waals surface area contributed by atoms with Gasteiger partial charge in [-0.2, -0.15) is 0 Å². The van der Waals surface area contributed by atoms with Crippen molar-refractivity contribution in [3.8, 4) is 11.5 Å². The molecule has 0 spiro atoms. The van der Waals surface area contributed by atoms with Crippen LogP contribution in [0, 0.1) is 0 Å². The molecule has 1 aromatic heterocycles. The average Bonchev–Trinajstić information content (AvgIpc) is 3.22. The molecule has 2 heterocycles. The third-order valence-corrected chi connectivity index (χ3v) is 7.61. The van der Waals surface area contributed by atoms with Crippen LogP contribution in [0.3, 0.4) is 0 Å². The van der Waals surface area contributed by atoms with Gasteiger partial charge in [0.2, 0.25) is 10.0 Å². The zero-order chi connectivity index (χ0) is 19.3. The Kier molecular flexibility index (Phi) is 6.75. The van der Waals surface area contributed by atoms with Crippen LogP contribution in [0.2, 0.25) is 0 Å². The molecule has 8 heteroatoms. The molecule has 2 aromatic rings. The maximum Gasteiger partial charge on any atom is 0.250 e. The van der Waals surface area contributed by atoms with Crippen molar-refractivity contribution < 1.29 is 17.9 Å². The molecule has 0 atom stereocenters. The van der Waals surface area contributed by atoms with Crippen molar-refractivity contribution in [1.29, 1.82) is 0 Å². The summed E-state index contributed by atoms with van der Waals surface area (Å²) in [6, 6.07) is 7.51. The molecular weight excluding hydrogens is 384 g/mol. The Labute approximate surface area is 165 Å². The van der Waals surface area contributed by atoms with E-state index in [0.717, 1.165) is 50.4 Å². The van der Waals surface area contributed by atoms with Crippen molar-refractivity contribution in [3.05, 3.63) is 40.8 Å². The van der Waals surface area contributed by atoms with E-state index in [1.165, 1.54) is 22.5 Å². The van der Waals surface area contributed by atoms with Gasteiger partial charge < -0.3 is 9.47 Å². The Morgan fingerprint density at radius 3 is 2.56 bits per heavy atom. The Morgan fingerprint density at radius 2 is 1.89 bits per heavy atom. The molecule has 0 amide bonds. The second-order valence-corrected chi connectivity index (χ2v) is 9.48. The number of hydrogen-bond acceptors (Lipinski definition) is 6. The Balaban J connectivity index is 1.45. The van der Waals surface area contributed by atoms with E-state index in [9.17, 15) is 8.42 Å². The first-order valence-electron chi connectivity index (χ1n) is 9.03. The SMILES string of the molecule is COc1cc2c(cc1OC)CN(CCCCNS(=O)(=O)c1cccs1)CC2. The first-order valence-corrected chi connectivity index (χ1v) is 11.4. The molecule has 0 fully saturated rings. The summed E-state index contributed by atoms with van der Waals surface area (Å²) < 4.78 is 38.0. The van der Waals surface area contributed by atoms with E-state index in [1.807, 2.05) is 0 Å². The van der Waals surface area contributed by atoms with Crippen LogP contribution in [-0.4, -0.2) is 47.2 Å². The third-order valence-electron chi connectivity index (χ3n) is 4.75. The smallest absolute Gasteiger partial charge is 0.250 e. The van der Waals surface area contributed by atoms with Gasteiger partial charge in [0.05, 0.1) is 14.2 Å². The van der Waals surface area contributed by atoms with Crippen LogP contribution >= 0.6 is 11.3 Å². The number of fused-ring (bicyclic) bond motifs is 1. The van der Waals surface area contributed by atoms with Crippen molar-refractivity contribution >= 4 is 21.4 Å². The number of thiophene rings is 1. The highest BCUT2D eigenvalue weighted by atomic mass is 32.2. The van der Waals surface area contributed by atoms with Crippen LogP contribution in [-0.2, 0) is 23.0 Å². The molecule has 0 radical (unpaired) electrons. The molecular formula is C19H26N2O4S2. The fraction of sp³-hybridized carbons (Fsp3) is 0.474. The van der Waals surface area contributed by atoms with Crippen molar-refractivity contribution in [1.82, 2.24) is 9.62 Å². The summed E-state index contributed by atoms with van der Waals surface area (Å²) in [7, 11) is -0.0338. The molecule has 1 aliphatic rings.